The molecule has 2 aromatic carbocycles. The van der Waals surface area contributed by atoms with Crippen LogP contribution in [0.2, 0.25) is 0 Å². The van der Waals surface area contributed by atoms with Gasteiger partial charge in [-0.2, -0.15) is 0 Å². The number of aliphatic carboxylic acids is 2. The summed E-state index contributed by atoms with van der Waals surface area (Å²) in [6.07, 6.45) is 1.57. The monoisotopic (exact) mass is 374 g/mol. The molecule has 0 atom stereocenters. The van der Waals surface area contributed by atoms with E-state index in [0.717, 1.165) is 10.5 Å². The summed E-state index contributed by atoms with van der Waals surface area (Å²) in [4.78, 5) is 21.4. The summed E-state index contributed by atoms with van der Waals surface area (Å²) in [7, 11) is 0. The van der Waals surface area contributed by atoms with Crippen molar-refractivity contribution < 1.29 is 25.0 Å². The Morgan fingerprint density at radius 2 is 1.50 bits per heavy atom. The Morgan fingerprint density at radius 3 is 2.04 bits per heavy atom. The predicted octanol–water partition coefficient (Wildman–Crippen LogP) is 2.84. The maximum absolute atomic E-state index is 9.55. The minimum Gasteiger partial charge on any atom is -0.478 e. The van der Waals surface area contributed by atoms with E-state index in [4.69, 9.17) is 21.2 Å². The van der Waals surface area contributed by atoms with E-state index in [-0.39, 0.29) is 5.84 Å². The lowest BCUT2D eigenvalue weighted by molar-refractivity contribution is -0.134. The fourth-order valence-electron chi connectivity index (χ4n) is 1.74. The summed E-state index contributed by atoms with van der Waals surface area (Å²) in [6, 6.07) is 18.1. The summed E-state index contributed by atoms with van der Waals surface area (Å²) in [5, 5.41) is 27.3. The Kier molecular flexibility index (Phi) is 9.05. The third-order valence-corrected chi connectivity index (χ3v) is 3.94. The van der Waals surface area contributed by atoms with Gasteiger partial charge in [-0.1, -0.05) is 53.3 Å². The van der Waals surface area contributed by atoms with Crippen molar-refractivity contribution in [3.8, 4) is 0 Å². The van der Waals surface area contributed by atoms with Crippen molar-refractivity contribution in [3.63, 3.8) is 0 Å². The highest BCUT2D eigenvalue weighted by Gasteiger charge is 2.05. The van der Waals surface area contributed by atoms with E-state index in [1.807, 2.05) is 42.5 Å². The average molecular weight is 374 g/mol. The Balaban J connectivity index is 0.000000359. The molecule has 136 valence electrons. The van der Waals surface area contributed by atoms with Gasteiger partial charge in [0.25, 0.3) is 0 Å². The first kappa shape index (κ1) is 20.8. The molecule has 0 heterocycles. The lowest BCUT2D eigenvalue weighted by atomic mass is 10.1. The second kappa shape index (κ2) is 11.3. The number of hydrogen-bond donors (Lipinski definition) is 4. The Morgan fingerprint density at radius 1 is 0.962 bits per heavy atom. The fraction of sp³-hybridized carbons (Fsp3) is 0.0556. The Labute approximate surface area is 154 Å². The molecule has 7 nitrogen and oxygen atoms in total. The van der Waals surface area contributed by atoms with Crippen molar-refractivity contribution in [2.45, 2.75) is 16.2 Å². The van der Waals surface area contributed by atoms with E-state index in [1.54, 1.807) is 11.8 Å². The average Bonchev–Trinajstić information content (AvgIpc) is 2.63. The molecule has 0 fully saturated rings. The van der Waals surface area contributed by atoms with Gasteiger partial charge in [0.1, 0.15) is 5.84 Å². The molecule has 0 aromatic heterocycles. The molecule has 0 spiro atoms. The molecule has 2 rings (SSSR count). The first-order valence-corrected chi connectivity index (χ1v) is 8.15. The highest BCUT2D eigenvalue weighted by Crippen LogP contribution is 2.30. The van der Waals surface area contributed by atoms with Gasteiger partial charge >= 0.3 is 11.9 Å². The third kappa shape index (κ3) is 8.55. The molecule has 0 bridgehead atoms. The van der Waals surface area contributed by atoms with Gasteiger partial charge in [-0.25, -0.2) is 9.59 Å². The van der Waals surface area contributed by atoms with Crippen LogP contribution in [-0.4, -0.2) is 33.2 Å². The van der Waals surface area contributed by atoms with Crippen LogP contribution in [0.4, 0.5) is 0 Å². The molecule has 0 aliphatic carbocycles. The van der Waals surface area contributed by atoms with Crippen LogP contribution in [0.15, 0.2) is 81.7 Å². The highest BCUT2D eigenvalue weighted by molar-refractivity contribution is 7.99. The van der Waals surface area contributed by atoms with Crippen LogP contribution < -0.4 is 5.73 Å². The molecule has 0 unspecified atom stereocenters. The summed E-state index contributed by atoms with van der Waals surface area (Å²) in [5.74, 6) is -2.30. The van der Waals surface area contributed by atoms with Crippen molar-refractivity contribution in [1.29, 1.82) is 0 Å². The van der Waals surface area contributed by atoms with Gasteiger partial charge in [-0.3, -0.25) is 0 Å². The Hall–Kier alpha value is -3.26. The lowest BCUT2D eigenvalue weighted by Gasteiger charge is -2.08. The van der Waals surface area contributed by atoms with Crippen molar-refractivity contribution in [3.05, 3.63) is 72.3 Å². The van der Waals surface area contributed by atoms with Gasteiger partial charge in [0.2, 0.25) is 0 Å². The molecule has 0 saturated heterocycles. The highest BCUT2D eigenvalue weighted by atomic mass is 32.2. The summed E-state index contributed by atoms with van der Waals surface area (Å²) in [5.41, 5.74) is 6.62. The summed E-state index contributed by atoms with van der Waals surface area (Å²) in [6.45, 7) is 0. The molecule has 0 aliphatic heterocycles. The molecular formula is C18H18N2O5S. The normalized spacial score (nSPS) is 10.8. The van der Waals surface area contributed by atoms with E-state index in [2.05, 4.69) is 17.3 Å². The van der Waals surface area contributed by atoms with Crippen molar-refractivity contribution >= 4 is 29.5 Å². The number of nitrogens with zero attached hydrogens (tertiary/aromatic N) is 1. The van der Waals surface area contributed by atoms with Gasteiger partial charge in [0.05, 0.1) is 0 Å². The van der Waals surface area contributed by atoms with Crippen LogP contribution in [0.3, 0.4) is 0 Å². The zero-order chi connectivity index (χ0) is 19.4. The molecular weight excluding hydrogens is 356 g/mol. The van der Waals surface area contributed by atoms with Crippen molar-refractivity contribution in [1.82, 2.24) is 0 Å². The number of amidine groups is 1. The molecule has 0 amide bonds. The minimum atomic E-state index is -1.26. The number of carbonyl (C=O) groups is 2. The van der Waals surface area contributed by atoms with Crippen LogP contribution in [0.5, 0.6) is 0 Å². The van der Waals surface area contributed by atoms with Crippen molar-refractivity contribution in [2.24, 2.45) is 10.9 Å². The zero-order valence-electron chi connectivity index (χ0n) is 13.6. The molecule has 0 aliphatic rings. The molecule has 2 aromatic rings. The summed E-state index contributed by atoms with van der Waals surface area (Å²) < 4.78 is 0. The van der Waals surface area contributed by atoms with E-state index in [9.17, 15) is 9.59 Å². The molecule has 8 heteroatoms. The predicted molar refractivity (Wildman–Crippen MR) is 98.5 cm³/mol. The number of rotatable bonds is 6. The van der Waals surface area contributed by atoms with Gasteiger partial charge in [0.15, 0.2) is 0 Å². The van der Waals surface area contributed by atoms with Crippen LogP contribution >= 0.6 is 11.8 Å². The number of benzene rings is 2. The quantitative estimate of drug-likeness (QED) is 0.201. The number of carboxylic acids is 2. The van der Waals surface area contributed by atoms with Gasteiger partial charge in [-0.05, 0) is 23.8 Å². The standard InChI is InChI=1S/C14H14N2OS.C4H4O4/c15-14(16-17)10-11-6-4-5-9-13(11)18-12-7-2-1-3-8-12;5-3(6)1-2-4(7)8/h1-9,17H,10H2,(H2,15,16);1-2H,(H,5,6)(H,7,8)/b;2-1+. The molecule has 0 saturated carbocycles. The largest absolute Gasteiger partial charge is 0.478 e. The number of carboxylic acid groups (broad SMARTS) is 2. The van der Waals surface area contributed by atoms with Gasteiger partial charge in [0, 0.05) is 28.4 Å². The van der Waals surface area contributed by atoms with E-state index in [0.29, 0.717) is 18.6 Å². The maximum atomic E-state index is 9.55. The minimum absolute atomic E-state index is 0.219. The van der Waals surface area contributed by atoms with Crippen LogP contribution in [0.1, 0.15) is 5.56 Å². The van der Waals surface area contributed by atoms with Gasteiger partial charge in [-0.15, -0.1) is 0 Å². The number of hydrogen-bond acceptors (Lipinski definition) is 5. The molecule has 26 heavy (non-hydrogen) atoms. The van der Waals surface area contributed by atoms with E-state index < -0.39 is 11.9 Å². The van der Waals surface area contributed by atoms with Crippen LogP contribution in [-0.2, 0) is 16.0 Å². The smallest absolute Gasteiger partial charge is 0.328 e. The Bertz CT molecular complexity index is 775. The first-order valence-electron chi connectivity index (χ1n) is 7.33. The fourth-order valence-corrected chi connectivity index (χ4v) is 2.70. The van der Waals surface area contributed by atoms with Crippen LogP contribution in [0.25, 0.3) is 0 Å². The summed E-state index contributed by atoms with van der Waals surface area (Å²) >= 11 is 1.67. The molecule has 5 N–H and O–H groups in total. The second-order valence-corrected chi connectivity index (χ2v) is 5.92. The van der Waals surface area contributed by atoms with E-state index >= 15 is 0 Å². The van der Waals surface area contributed by atoms with Gasteiger partial charge < -0.3 is 21.2 Å². The van der Waals surface area contributed by atoms with E-state index in [1.165, 1.54) is 4.90 Å². The lowest BCUT2D eigenvalue weighted by Crippen LogP contribution is -2.15. The zero-order valence-corrected chi connectivity index (χ0v) is 14.5. The first-order chi connectivity index (χ1) is 12.4. The SMILES string of the molecule is N/C(Cc1ccccc1Sc1ccccc1)=N\O.O=C(O)/C=C/C(=O)O. The maximum Gasteiger partial charge on any atom is 0.328 e. The number of nitrogens with two attached hydrogens (primary N) is 1. The third-order valence-electron chi connectivity index (χ3n) is 2.81. The second-order valence-electron chi connectivity index (χ2n) is 4.80. The van der Waals surface area contributed by atoms with Crippen molar-refractivity contribution in [2.75, 3.05) is 0 Å². The van der Waals surface area contributed by atoms with Crippen LogP contribution in [0, 0.1) is 0 Å². The molecule has 0 radical (unpaired) electrons. The number of oxime groups is 1. The topological polar surface area (TPSA) is 133 Å².